The van der Waals surface area contributed by atoms with Gasteiger partial charge in [0, 0.05) is 38.5 Å². The van der Waals surface area contributed by atoms with Crippen molar-refractivity contribution in [3.8, 4) is 0 Å². The zero-order valence-electron chi connectivity index (χ0n) is 8.00. The average Bonchev–Trinajstić information content (AvgIpc) is 2.09. The fourth-order valence-corrected chi connectivity index (χ4v) is 1.98. The van der Waals surface area contributed by atoms with Crippen LogP contribution in [0.15, 0.2) is 0 Å². The van der Waals surface area contributed by atoms with E-state index >= 15 is 0 Å². The van der Waals surface area contributed by atoms with Crippen LogP contribution in [0.3, 0.4) is 0 Å². The summed E-state index contributed by atoms with van der Waals surface area (Å²) in [5, 5.41) is 0. The molecule has 3 heteroatoms. The molecule has 0 aliphatic carbocycles. The van der Waals surface area contributed by atoms with Gasteiger partial charge < -0.3 is 4.90 Å². The summed E-state index contributed by atoms with van der Waals surface area (Å²) in [5.74, 6) is 0.994. The van der Waals surface area contributed by atoms with E-state index in [1.807, 2.05) is 0 Å². The Hall–Kier alpha value is 0.270. The van der Waals surface area contributed by atoms with Gasteiger partial charge in [-0.1, -0.05) is 6.92 Å². The van der Waals surface area contributed by atoms with E-state index in [0.717, 1.165) is 12.3 Å². The predicted octanol–water partition coefficient (Wildman–Crippen LogP) is 0.944. The molecule has 0 aromatic carbocycles. The SMILES string of the molecule is CCCN1CCN(CCS)CC1. The monoisotopic (exact) mass is 188 g/mol. The van der Waals surface area contributed by atoms with Gasteiger partial charge in [0.2, 0.25) is 0 Å². The number of thiol groups is 1. The maximum atomic E-state index is 4.24. The van der Waals surface area contributed by atoms with Crippen LogP contribution < -0.4 is 0 Å². The molecule has 1 heterocycles. The Kier molecular flexibility index (Phi) is 5.04. The van der Waals surface area contributed by atoms with Gasteiger partial charge in [-0.25, -0.2) is 0 Å². The third-order valence-electron chi connectivity index (χ3n) is 2.42. The van der Waals surface area contributed by atoms with Gasteiger partial charge in [-0.15, -0.1) is 0 Å². The van der Waals surface area contributed by atoms with Gasteiger partial charge in [0.15, 0.2) is 0 Å². The third kappa shape index (κ3) is 3.33. The van der Waals surface area contributed by atoms with Crippen LogP contribution in [0.2, 0.25) is 0 Å². The molecule has 0 unspecified atom stereocenters. The molecule has 1 fully saturated rings. The molecule has 72 valence electrons. The number of piperazine rings is 1. The third-order valence-corrected chi connectivity index (χ3v) is 2.62. The van der Waals surface area contributed by atoms with E-state index in [9.17, 15) is 0 Å². The average molecular weight is 188 g/mol. The first-order valence-electron chi connectivity index (χ1n) is 4.92. The lowest BCUT2D eigenvalue weighted by atomic mass is 10.3. The van der Waals surface area contributed by atoms with Crippen molar-refractivity contribution in [2.24, 2.45) is 0 Å². The lowest BCUT2D eigenvalue weighted by Gasteiger charge is -2.34. The zero-order chi connectivity index (χ0) is 8.81. The summed E-state index contributed by atoms with van der Waals surface area (Å²) >= 11 is 4.24. The van der Waals surface area contributed by atoms with Crippen molar-refractivity contribution in [3.05, 3.63) is 0 Å². The predicted molar refractivity (Wildman–Crippen MR) is 57.0 cm³/mol. The second-order valence-electron chi connectivity index (χ2n) is 3.41. The Labute approximate surface area is 81.3 Å². The number of rotatable bonds is 4. The summed E-state index contributed by atoms with van der Waals surface area (Å²) in [6.45, 7) is 9.66. The first-order valence-corrected chi connectivity index (χ1v) is 5.55. The van der Waals surface area contributed by atoms with Gasteiger partial charge in [0.05, 0.1) is 0 Å². The van der Waals surface area contributed by atoms with Gasteiger partial charge >= 0.3 is 0 Å². The molecule has 1 saturated heterocycles. The van der Waals surface area contributed by atoms with Crippen LogP contribution in [0, 0.1) is 0 Å². The Morgan fingerprint density at radius 2 is 1.50 bits per heavy atom. The molecule has 1 aliphatic rings. The molecule has 0 N–H and O–H groups in total. The van der Waals surface area contributed by atoms with Crippen LogP contribution >= 0.6 is 12.6 Å². The van der Waals surface area contributed by atoms with Crippen LogP contribution in [0.4, 0.5) is 0 Å². The molecule has 0 aromatic rings. The summed E-state index contributed by atoms with van der Waals surface area (Å²) in [7, 11) is 0. The number of hydrogen-bond acceptors (Lipinski definition) is 3. The first kappa shape index (κ1) is 10.4. The van der Waals surface area contributed by atoms with Crippen molar-refractivity contribution in [1.29, 1.82) is 0 Å². The van der Waals surface area contributed by atoms with Crippen LogP contribution in [0.1, 0.15) is 13.3 Å². The zero-order valence-corrected chi connectivity index (χ0v) is 8.89. The Morgan fingerprint density at radius 3 is 1.92 bits per heavy atom. The smallest absolute Gasteiger partial charge is 0.0110 e. The highest BCUT2D eigenvalue weighted by Gasteiger charge is 2.14. The Balaban J connectivity index is 2.11. The molecule has 0 aromatic heterocycles. The molecule has 0 bridgehead atoms. The molecule has 0 spiro atoms. The van der Waals surface area contributed by atoms with E-state index in [0.29, 0.717) is 0 Å². The number of hydrogen-bond donors (Lipinski definition) is 1. The Bertz CT molecular complexity index is 97.1. The normalized spacial score (nSPS) is 21.5. The molecule has 1 rings (SSSR count). The molecular formula is C9H20N2S. The quantitative estimate of drug-likeness (QED) is 0.656. The van der Waals surface area contributed by atoms with E-state index in [2.05, 4.69) is 29.4 Å². The van der Waals surface area contributed by atoms with Gasteiger partial charge in [-0.2, -0.15) is 12.6 Å². The van der Waals surface area contributed by atoms with Gasteiger partial charge in [0.25, 0.3) is 0 Å². The van der Waals surface area contributed by atoms with Gasteiger partial charge in [0.1, 0.15) is 0 Å². The van der Waals surface area contributed by atoms with E-state index in [-0.39, 0.29) is 0 Å². The fraction of sp³-hybridized carbons (Fsp3) is 1.00. The fourth-order valence-electron chi connectivity index (χ4n) is 1.69. The van der Waals surface area contributed by atoms with Crippen molar-refractivity contribution >= 4 is 12.6 Å². The van der Waals surface area contributed by atoms with Crippen molar-refractivity contribution in [2.45, 2.75) is 13.3 Å². The topological polar surface area (TPSA) is 6.48 Å². The van der Waals surface area contributed by atoms with Crippen LogP contribution in [-0.4, -0.2) is 54.8 Å². The molecule has 0 amide bonds. The van der Waals surface area contributed by atoms with Crippen LogP contribution in [-0.2, 0) is 0 Å². The van der Waals surface area contributed by atoms with Crippen LogP contribution in [0.5, 0.6) is 0 Å². The maximum absolute atomic E-state index is 4.24. The lowest BCUT2D eigenvalue weighted by molar-refractivity contribution is 0.138. The molecular weight excluding hydrogens is 168 g/mol. The van der Waals surface area contributed by atoms with Crippen molar-refractivity contribution < 1.29 is 0 Å². The molecule has 12 heavy (non-hydrogen) atoms. The minimum Gasteiger partial charge on any atom is -0.301 e. The number of nitrogens with zero attached hydrogens (tertiary/aromatic N) is 2. The first-order chi connectivity index (χ1) is 5.86. The highest BCUT2D eigenvalue weighted by molar-refractivity contribution is 7.80. The maximum Gasteiger partial charge on any atom is 0.0110 e. The summed E-state index contributed by atoms with van der Waals surface area (Å²) in [6.07, 6.45) is 1.28. The van der Waals surface area contributed by atoms with Crippen LogP contribution in [0.25, 0.3) is 0 Å². The molecule has 0 atom stereocenters. The van der Waals surface area contributed by atoms with E-state index in [4.69, 9.17) is 0 Å². The highest BCUT2D eigenvalue weighted by atomic mass is 32.1. The minimum absolute atomic E-state index is 0.994. The Morgan fingerprint density at radius 1 is 1.00 bits per heavy atom. The molecule has 1 aliphatic heterocycles. The lowest BCUT2D eigenvalue weighted by Crippen LogP contribution is -2.46. The standard InChI is InChI=1S/C9H20N2S/c1-2-3-10-4-6-11(7-5-10)8-9-12/h12H,2-9H2,1H3. The summed E-state index contributed by atoms with van der Waals surface area (Å²) < 4.78 is 0. The van der Waals surface area contributed by atoms with Gasteiger partial charge in [-0.05, 0) is 13.0 Å². The van der Waals surface area contributed by atoms with Gasteiger partial charge in [-0.3, -0.25) is 4.90 Å². The van der Waals surface area contributed by atoms with E-state index in [1.54, 1.807) is 0 Å². The minimum atomic E-state index is 0.994. The summed E-state index contributed by atoms with van der Waals surface area (Å²) in [6, 6.07) is 0. The van der Waals surface area contributed by atoms with Crippen molar-refractivity contribution in [3.63, 3.8) is 0 Å². The molecule has 0 radical (unpaired) electrons. The highest BCUT2D eigenvalue weighted by Crippen LogP contribution is 2.01. The summed E-state index contributed by atoms with van der Waals surface area (Å²) in [5.41, 5.74) is 0. The van der Waals surface area contributed by atoms with E-state index < -0.39 is 0 Å². The second kappa shape index (κ2) is 5.84. The van der Waals surface area contributed by atoms with E-state index in [1.165, 1.54) is 39.1 Å². The summed E-state index contributed by atoms with van der Waals surface area (Å²) in [4.78, 5) is 5.05. The second-order valence-corrected chi connectivity index (χ2v) is 3.85. The van der Waals surface area contributed by atoms with Crippen molar-refractivity contribution in [1.82, 2.24) is 9.80 Å². The molecule has 2 nitrogen and oxygen atoms in total. The molecule has 0 saturated carbocycles. The largest absolute Gasteiger partial charge is 0.301 e. The van der Waals surface area contributed by atoms with Crippen molar-refractivity contribution in [2.75, 3.05) is 45.0 Å².